The number of rotatable bonds is 12. The number of amides is 4. The molecule has 15 nitrogen and oxygen atoms in total. The van der Waals surface area contributed by atoms with E-state index in [0.717, 1.165) is 27.3 Å². The minimum Gasteiger partial charge on any atom is -0.391 e. The van der Waals surface area contributed by atoms with E-state index in [1.807, 2.05) is 71.0 Å². The summed E-state index contributed by atoms with van der Waals surface area (Å²) in [6.45, 7) is 9.84. The lowest BCUT2D eigenvalue weighted by atomic mass is 9.71. The molecule has 1 aliphatic carbocycles. The molecule has 0 unspecified atom stereocenters. The number of carbonyl (C=O) groups excluding carboxylic acids is 4. The normalized spacial score (nSPS) is 22.6. The van der Waals surface area contributed by atoms with E-state index >= 15 is 0 Å². The lowest BCUT2D eigenvalue weighted by Gasteiger charge is -2.42. The van der Waals surface area contributed by atoms with Crippen LogP contribution in [0.2, 0.25) is 0 Å². The Morgan fingerprint density at radius 3 is 2.30 bits per heavy atom. The molecule has 3 aromatic heterocycles. The molecule has 0 bridgehead atoms. The minimum absolute atomic E-state index is 0.00410. The minimum atomic E-state index is -2.83. The largest absolute Gasteiger partial charge is 0.391 e. The molecular formula is C49H58F2N10O5S. The summed E-state index contributed by atoms with van der Waals surface area (Å²) in [4.78, 5) is 75.4. The first-order valence-electron chi connectivity index (χ1n) is 23.0. The number of carbonyl (C=O) groups is 4. The fourth-order valence-electron chi connectivity index (χ4n) is 9.67. The zero-order valence-corrected chi connectivity index (χ0v) is 39.3. The monoisotopic (exact) mass is 936 g/mol. The van der Waals surface area contributed by atoms with Gasteiger partial charge in [0.05, 0.1) is 46.4 Å². The highest BCUT2D eigenvalue weighted by Gasteiger charge is 2.48. The number of β-amino-alcohol motifs (C(OH)–C–C–N with tert-alkyl or cyclic N) is 1. The number of piperidine rings is 1. The van der Waals surface area contributed by atoms with Gasteiger partial charge in [-0.1, -0.05) is 45.0 Å². The summed E-state index contributed by atoms with van der Waals surface area (Å²) in [6.07, 6.45) is 2.59. The van der Waals surface area contributed by atoms with Crippen molar-refractivity contribution in [2.24, 2.45) is 17.3 Å². The third kappa shape index (κ3) is 10.6. The van der Waals surface area contributed by atoms with Crippen molar-refractivity contribution in [3.05, 3.63) is 82.6 Å². The van der Waals surface area contributed by atoms with Gasteiger partial charge < -0.3 is 35.8 Å². The summed E-state index contributed by atoms with van der Waals surface area (Å²) < 4.78 is 28.6. The number of nitrogens with one attached hydrogen (secondary N) is 3. The number of nitrogens with zero attached hydrogens (tertiary/aromatic N) is 7. The van der Waals surface area contributed by atoms with E-state index in [2.05, 4.69) is 37.0 Å². The quantitative estimate of drug-likeness (QED) is 0.122. The van der Waals surface area contributed by atoms with Crippen molar-refractivity contribution in [2.45, 2.75) is 109 Å². The summed E-state index contributed by atoms with van der Waals surface area (Å²) in [5.41, 5.74) is 5.18. The molecule has 4 N–H and O–H groups in total. The number of likely N-dealkylation sites (tertiary alicyclic amines) is 2. The van der Waals surface area contributed by atoms with Gasteiger partial charge in [-0.25, -0.2) is 23.7 Å². The molecule has 3 aliphatic heterocycles. The SMILES string of the molecule is Cc1ncsc1-c1ccc([C@H](C)NC(=O)[C@@H]2C[C@@H](O)CN2C(=O)[C@@H](NC(=O)[C@@H]2CC[C@@H]2C(=O)N2CCC(c3cc(Nc4cc(C#N)ccn4)nc(N4CCC(F)(F)C4)c3)CC2)C(C)(C)C)cc1. The van der Waals surface area contributed by atoms with Gasteiger partial charge in [-0.15, -0.1) is 11.3 Å². The first-order chi connectivity index (χ1) is 31.9. The van der Waals surface area contributed by atoms with Crippen LogP contribution in [0.5, 0.6) is 0 Å². The molecule has 1 saturated carbocycles. The van der Waals surface area contributed by atoms with Crippen LogP contribution >= 0.6 is 11.3 Å². The van der Waals surface area contributed by atoms with Crippen LogP contribution in [0.15, 0.2) is 60.2 Å². The van der Waals surface area contributed by atoms with Crippen LogP contribution in [0.3, 0.4) is 0 Å². The van der Waals surface area contributed by atoms with Crippen molar-refractivity contribution in [3.8, 4) is 16.5 Å². The number of anilines is 3. The van der Waals surface area contributed by atoms with Crippen molar-refractivity contribution in [1.82, 2.24) is 35.4 Å². The lowest BCUT2D eigenvalue weighted by molar-refractivity contribution is -0.151. The number of hydrogen-bond acceptors (Lipinski definition) is 12. The van der Waals surface area contributed by atoms with Gasteiger partial charge in [0.15, 0.2) is 0 Å². The molecule has 6 heterocycles. The van der Waals surface area contributed by atoms with Gasteiger partial charge in [0.25, 0.3) is 5.92 Å². The summed E-state index contributed by atoms with van der Waals surface area (Å²) in [6, 6.07) is 14.5. The number of aryl methyl sites for hydroxylation is 1. The van der Waals surface area contributed by atoms with E-state index in [0.29, 0.717) is 61.8 Å². The second kappa shape index (κ2) is 19.3. The van der Waals surface area contributed by atoms with E-state index in [1.54, 1.807) is 38.8 Å². The van der Waals surface area contributed by atoms with Crippen molar-refractivity contribution in [1.29, 1.82) is 5.26 Å². The van der Waals surface area contributed by atoms with Gasteiger partial charge in [0.2, 0.25) is 23.6 Å². The molecule has 8 rings (SSSR count). The molecule has 4 aromatic rings. The molecule has 67 heavy (non-hydrogen) atoms. The van der Waals surface area contributed by atoms with Crippen LogP contribution in [0.1, 0.15) is 101 Å². The summed E-state index contributed by atoms with van der Waals surface area (Å²) in [5.74, 6) is -4.19. The van der Waals surface area contributed by atoms with Crippen molar-refractivity contribution in [3.63, 3.8) is 0 Å². The average molecular weight is 937 g/mol. The highest BCUT2D eigenvalue weighted by Crippen LogP contribution is 2.40. The van der Waals surface area contributed by atoms with E-state index in [4.69, 9.17) is 0 Å². The van der Waals surface area contributed by atoms with Gasteiger partial charge in [0.1, 0.15) is 29.5 Å². The van der Waals surface area contributed by atoms with E-state index in [9.17, 15) is 38.3 Å². The van der Waals surface area contributed by atoms with Crippen LogP contribution in [-0.2, 0) is 19.2 Å². The third-order valence-electron chi connectivity index (χ3n) is 13.7. The fraction of sp³-hybridized carbons (Fsp3) is 0.510. The molecule has 1 aromatic carbocycles. The molecule has 4 amide bonds. The van der Waals surface area contributed by atoms with E-state index < -0.39 is 65.6 Å². The Balaban J connectivity index is 0.889. The number of alkyl halides is 2. The number of aliphatic hydroxyl groups excluding tert-OH is 1. The Kier molecular flexibility index (Phi) is 13.6. The molecular weight excluding hydrogens is 879 g/mol. The molecule has 0 spiro atoms. The Morgan fingerprint density at radius 1 is 0.940 bits per heavy atom. The average Bonchev–Trinajstić information content (AvgIpc) is 4.01. The molecule has 6 atom stereocenters. The van der Waals surface area contributed by atoms with Crippen LogP contribution < -0.4 is 20.9 Å². The number of pyridine rings is 2. The predicted molar refractivity (Wildman–Crippen MR) is 249 cm³/mol. The van der Waals surface area contributed by atoms with Crippen LogP contribution in [0.25, 0.3) is 10.4 Å². The second-order valence-corrected chi connectivity index (χ2v) is 20.4. The number of halogens is 2. The van der Waals surface area contributed by atoms with Crippen LogP contribution in [-0.4, -0.2) is 110 Å². The summed E-state index contributed by atoms with van der Waals surface area (Å²) in [7, 11) is 0. The zero-order valence-electron chi connectivity index (χ0n) is 38.5. The number of nitriles is 1. The maximum absolute atomic E-state index is 14.4. The number of benzene rings is 1. The lowest BCUT2D eigenvalue weighted by Crippen LogP contribution is -2.60. The zero-order chi connectivity index (χ0) is 47.8. The number of thiazole rings is 1. The van der Waals surface area contributed by atoms with Gasteiger partial charge in [0, 0.05) is 57.1 Å². The van der Waals surface area contributed by atoms with Gasteiger partial charge >= 0.3 is 0 Å². The maximum Gasteiger partial charge on any atom is 0.266 e. The van der Waals surface area contributed by atoms with Crippen molar-refractivity contribution >= 4 is 52.4 Å². The highest BCUT2D eigenvalue weighted by molar-refractivity contribution is 7.13. The third-order valence-corrected chi connectivity index (χ3v) is 14.7. The fourth-order valence-corrected chi connectivity index (χ4v) is 10.5. The van der Waals surface area contributed by atoms with Crippen molar-refractivity contribution < 1.29 is 33.1 Å². The molecule has 354 valence electrons. The van der Waals surface area contributed by atoms with Crippen LogP contribution in [0, 0.1) is 35.5 Å². The molecule has 3 saturated heterocycles. The second-order valence-electron chi connectivity index (χ2n) is 19.6. The Morgan fingerprint density at radius 2 is 1.67 bits per heavy atom. The molecule has 4 aliphatic rings. The van der Waals surface area contributed by atoms with E-state index in [1.165, 1.54) is 11.1 Å². The number of aliphatic hydroxyl groups is 1. The number of hydrogen-bond donors (Lipinski definition) is 4. The topological polar surface area (TPSA) is 197 Å². The van der Waals surface area contributed by atoms with E-state index in [-0.39, 0.29) is 43.8 Å². The first kappa shape index (κ1) is 47.4. The van der Waals surface area contributed by atoms with Gasteiger partial charge in [-0.3, -0.25) is 19.2 Å². The maximum atomic E-state index is 14.4. The predicted octanol–water partition coefficient (Wildman–Crippen LogP) is 6.47. The van der Waals surface area contributed by atoms with Crippen molar-refractivity contribution in [2.75, 3.05) is 42.9 Å². The number of aromatic nitrogens is 3. The molecule has 4 fully saturated rings. The van der Waals surface area contributed by atoms with Crippen LogP contribution in [0.4, 0.5) is 26.2 Å². The molecule has 18 heteroatoms. The standard InChI is InChI=1S/C49H58F2N10O5S/c1-28(31-6-8-33(9-7-31)42-29(2)54-27-67-42)55-45(64)38-23-35(62)25-61(38)47(66)43(48(3,4)5)58-44(63)36-10-11-37(36)46(65)59-17-13-32(14-18-59)34-21-40(56-39-20-30(24-52)12-16-53-39)57-41(22-34)60-19-15-49(50,51)26-60/h6-9,12,16,20-22,27-28,32,35-38,43,62H,10-11,13-15,17-19,23,25-26H2,1-5H3,(H,55,64)(H,58,63)(H,53,56,57)/t28-,35+,36+,37-,38-,43+/m0/s1. The smallest absolute Gasteiger partial charge is 0.266 e. The highest BCUT2D eigenvalue weighted by atomic mass is 32.1. The summed E-state index contributed by atoms with van der Waals surface area (Å²) in [5, 5.41) is 29.3. The molecule has 0 radical (unpaired) electrons. The first-order valence-corrected chi connectivity index (χ1v) is 23.9. The Bertz CT molecular complexity index is 2540. The Hall–Kier alpha value is -6.06. The summed E-state index contributed by atoms with van der Waals surface area (Å²) >= 11 is 1.56. The van der Waals surface area contributed by atoms with Gasteiger partial charge in [-0.2, -0.15) is 5.26 Å². The van der Waals surface area contributed by atoms with Gasteiger partial charge in [-0.05, 0) is 91.8 Å². The Labute approximate surface area is 393 Å².